The van der Waals surface area contributed by atoms with Crippen LogP contribution in [0.2, 0.25) is 0 Å². The molecule has 0 radical (unpaired) electrons. The molecule has 10 heteroatoms. The van der Waals surface area contributed by atoms with Gasteiger partial charge in [0.15, 0.2) is 0 Å². The first-order valence-electron chi connectivity index (χ1n) is 10.9. The van der Waals surface area contributed by atoms with E-state index in [1.807, 2.05) is 60.7 Å². The predicted octanol–water partition coefficient (Wildman–Crippen LogP) is 1.21. The van der Waals surface area contributed by atoms with Crippen molar-refractivity contribution in [1.29, 1.82) is 0 Å². The van der Waals surface area contributed by atoms with Crippen LogP contribution in [0.4, 0.5) is 4.79 Å². The fraction of sp³-hybridized carbons (Fsp3) is 0.333. The van der Waals surface area contributed by atoms with E-state index in [0.29, 0.717) is 0 Å². The number of hydrogen-bond donors (Lipinski definition) is 4. The van der Waals surface area contributed by atoms with Gasteiger partial charge in [-0.25, -0.2) is 10.2 Å². The van der Waals surface area contributed by atoms with Crippen LogP contribution in [0, 0.1) is 0 Å². The Kier molecular flexibility index (Phi) is 11.1. The van der Waals surface area contributed by atoms with E-state index in [1.54, 1.807) is 6.92 Å². The lowest BCUT2D eigenvalue weighted by Crippen LogP contribution is -2.56. The molecule has 0 spiro atoms. The third-order valence-corrected chi connectivity index (χ3v) is 4.61. The molecule has 34 heavy (non-hydrogen) atoms. The molecule has 182 valence electrons. The molecule has 0 fully saturated rings. The van der Waals surface area contributed by atoms with E-state index in [0.717, 1.165) is 11.1 Å². The zero-order valence-electron chi connectivity index (χ0n) is 19.2. The van der Waals surface area contributed by atoms with Crippen molar-refractivity contribution in [3.63, 3.8) is 0 Å². The summed E-state index contributed by atoms with van der Waals surface area (Å²) < 4.78 is 9.92. The van der Waals surface area contributed by atoms with Crippen LogP contribution in [0.1, 0.15) is 25.0 Å². The van der Waals surface area contributed by atoms with E-state index < -0.39 is 36.0 Å². The second kappa shape index (κ2) is 14.3. The lowest BCUT2D eigenvalue weighted by molar-refractivity contribution is -0.142. The van der Waals surface area contributed by atoms with E-state index in [2.05, 4.69) is 21.5 Å². The SMILES string of the molecule is CCOC(=O)CNNC(=O)[C@H](Cc1ccccc1)NC(=O)[C@H](C)NC(=O)OCc1ccccc1. The Balaban J connectivity index is 1.91. The number of alkyl carbamates (subject to hydrolysis) is 1. The molecule has 3 amide bonds. The zero-order chi connectivity index (χ0) is 24.8. The largest absolute Gasteiger partial charge is 0.465 e. The van der Waals surface area contributed by atoms with Crippen LogP contribution in [-0.4, -0.2) is 49.1 Å². The average molecular weight is 471 g/mol. The summed E-state index contributed by atoms with van der Waals surface area (Å²) in [6.07, 6.45) is -0.559. The molecule has 0 aliphatic heterocycles. The third kappa shape index (κ3) is 9.70. The summed E-state index contributed by atoms with van der Waals surface area (Å²) in [5, 5.41) is 5.08. The van der Waals surface area contributed by atoms with E-state index in [4.69, 9.17) is 9.47 Å². The normalized spacial score (nSPS) is 12.1. The van der Waals surface area contributed by atoms with Crippen LogP contribution in [0.15, 0.2) is 60.7 Å². The van der Waals surface area contributed by atoms with Gasteiger partial charge in [0, 0.05) is 6.42 Å². The molecular formula is C24H30N4O6. The van der Waals surface area contributed by atoms with Gasteiger partial charge in [-0.3, -0.25) is 19.8 Å². The molecule has 0 aromatic heterocycles. The van der Waals surface area contributed by atoms with Gasteiger partial charge in [-0.15, -0.1) is 0 Å². The van der Waals surface area contributed by atoms with Crippen LogP contribution in [0.3, 0.4) is 0 Å². The van der Waals surface area contributed by atoms with E-state index in [1.165, 1.54) is 6.92 Å². The number of amides is 3. The highest BCUT2D eigenvalue weighted by Gasteiger charge is 2.25. The average Bonchev–Trinajstić information content (AvgIpc) is 2.83. The van der Waals surface area contributed by atoms with Crippen LogP contribution in [0.25, 0.3) is 0 Å². The van der Waals surface area contributed by atoms with Crippen LogP contribution >= 0.6 is 0 Å². The highest BCUT2D eigenvalue weighted by atomic mass is 16.5. The maximum absolute atomic E-state index is 12.7. The van der Waals surface area contributed by atoms with Crippen molar-refractivity contribution in [2.75, 3.05) is 13.2 Å². The van der Waals surface area contributed by atoms with Crippen molar-refractivity contribution in [2.45, 2.75) is 39.0 Å². The number of nitrogens with one attached hydrogen (secondary N) is 4. The smallest absolute Gasteiger partial charge is 0.408 e. The van der Waals surface area contributed by atoms with E-state index in [9.17, 15) is 19.2 Å². The Morgan fingerprint density at radius 3 is 2.06 bits per heavy atom. The Hall–Kier alpha value is -3.92. The predicted molar refractivity (Wildman–Crippen MR) is 124 cm³/mol. The quantitative estimate of drug-likeness (QED) is 0.271. The number of benzene rings is 2. The van der Waals surface area contributed by atoms with Crippen molar-refractivity contribution in [3.8, 4) is 0 Å². The first-order chi connectivity index (χ1) is 16.4. The minimum absolute atomic E-state index is 0.0617. The van der Waals surface area contributed by atoms with Gasteiger partial charge < -0.3 is 20.1 Å². The highest BCUT2D eigenvalue weighted by molar-refractivity contribution is 5.91. The molecule has 2 atom stereocenters. The van der Waals surface area contributed by atoms with Crippen molar-refractivity contribution in [3.05, 3.63) is 71.8 Å². The Morgan fingerprint density at radius 1 is 0.824 bits per heavy atom. The fourth-order valence-corrected chi connectivity index (χ4v) is 2.87. The van der Waals surface area contributed by atoms with Gasteiger partial charge >= 0.3 is 12.1 Å². The third-order valence-electron chi connectivity index (χ3n) is 4.61. The summed E-state index contributed by atoms with van der Waals surface area (Å²) >= 11 is 0. The summed E-state index contributed by atoms with van der Waals surface area (Å²) in [6, 6.07) is 16.3. The van der Waals surface area contributed by atoms with Crippen molar-refractivity contribution in [2.24, 2.45) is 0 Å². The van der Waals surface area contributed by atoms with E-state index >= 15 is 0 Å². The molecule has 2 aromatic rings. The lowest BCUT2D eigenvalue weighted by Gasteiger charge is -2.21. The maximum Gasteiger partial charge on any atom is 0.408 e. The molecule has 10 nitrogen and oxygen atoms in total. The van der Waals surface area contributed by atoms with Gasteiger partial charge in [0.05, 0.1) is 6.61 Å². The molecule has 0 saturated carbocycles. The first kappa shape index (κ1) is 26.3. The summed E-state index contributed by atoms with van der Waals surface area (Å²) in [4.78, 5) is 48.8. The molecule has 0 unspecified atom stereocenters. The standard InChI is InChI=1S/C24H30N4O6/c1-3-33-21(29)15-25-28-23(31)20(14-18-10-6-4-7-11-18)27-22(30)17(2)26-24(32)34-16-19-12-8-5-9-13-19/h4-13,17,20,25H,3,14-16H2,1-2H3,(H,26,32)(H,27,30)(H,28,31)/t17-,20-/m0/s1. The molecule has 0 bridgehead atoms. The molecule has 4 N–H and O–H groups in total. The maximum atomic E-state index is 12.7. The number of esters is 1. The van der Waals surface area contributed by atoms with Crippen LogP contribution < -0.4 is 21.5 Å². The number of ether oxygens (including phenoxy) is 2. The number of rotatable bonds is 12. The van der Waals surface area contributed by atoms with Gasteiger partial charge in [-0.05, 0) is 25.0 Å². The van der Waals surface area contributed by atoms with Gasteiger partial charge in [-0.2, -0.15) is 0 Å². The second-order valence-electron chi connectivity index (χ2n) is 7.33. The van der Waals surface area contributed by atoms with Crippen LogP contribution in [-0.2, 0) is 36.9 Å². The monoisotopic (exact) mass is 470 g/mol. The number of hydrogen-bond acceptors (Lipinski definition) is 7. The summed E-state index contributed by atoms with van der Waals surface area (Å²) in [7, 11) is 0. The van der Waals surface area contributed by atoms with Crippen molar-refractivity contribution < 1.29 is 28.7 Å². The number of carbonyl (C=O) groups excluding carboxylic acids is 4. The molecule has 0 aliphatic rings. The second-order valence-corrected chi connectivity index (χ2v) is 7.33. The topological polar surface area (TPSA) is 135 Å². The molecule has 0 aliphatic carbocycles. The summed E-state index contributed by atoms with van der Waals surface area (Å²) in [5.74, 6) is -1.66. The molecule has 0 saturated heterocycles. The van der Waals surface area contributed by atoms with Gasteiger partial charge in [0.25, 0.3) is 5.91 Å². The molecular weight excluding hydrogens is 440 g/mol. The lowest BCUT2D eigenvalue weighted by atomic mass is 10.1. The molecule has 2 aromatic carbocycles. The van der Waals surface area contributed by atoms with Gasteiger partial charge in [0.1, 0.15) is 25.2 Å². The number of hydrazine groups is 1. The minimum atomic E-state index is -0.964. The molecule has 0 heterocycles. The Labute approximate surface area is 198 Å². The molecule has 2 rings (SSSR count). The van der Waals surface area contributed by atoms with Crippen molar-refractivity contribution in [1.82, 2.24) is 21.5 Å². The van der Waals surface area contributed by atoms with Crippen molar-refractivity contribution >= 4 is 23.9 Å². The Bertz CT molecular complexity index is 939. The minimum Gasteiger partial charge on any atom is -0.465 e. The van der Waals surface area contributed by atoms with Gasteiger partial charge in [0.2, 0.25) is 5.91 Å². The fourth-order valence-electron chi connectivity index (χ4n) is 2.87. The zero-order valence-corrected chi connectivity index (χ0v) is 19.2. The number of carbonyl (C=O) groups is 4. The highest BCUT2D eigenvalue weighted by Crippen LogP contribution is 2.04. The summed E-state index contributed by atoms with van der Waals surface area (Å²) in [5.41, 5.74) is 6.51. The van der Waals surface area contributed by atoms with Crippen LogP contribution in [0.5, 0.6) is 0 Å². The van der Waals surface area contributed by atoms with Gasteiger partial charge in [-0.1, -0.05) is 60.7 Å². The first-order valence-corrected chi connectivity index (χ1v) is 10.9. The van der Waals surface area contributed by atoms with E-state index in [-0.39, 0.29) is 26.2 Å². The summed E-state index contributed by atoms with van der Waals surface area (Å²) in [6.45, 7) is 3.22. The Morgan fingerprint density at radius 2 is 1.44 bits per heavy atom.